The van der Waals surface area contributed by atoms with Gasteiger partial charge in [0.1, 0.15) is 11.6 Å². The van der Waals surface area contributed by atoms with E-state index in [1.165, 1.54) is 44.4 Å². The van der Waals surface area contributed by atoms with Crippen LogP contribution in [0.5, 0.6) is 0 Å². The summed E-state index contributed by atoms with van der Waals surface area (Å²) in [5, 5.41) is 8.93. The number of aromatic nitrogens is 3. The first-order valence-electron chi connectivity index (χ1n) is 8.49. The van der Waals surface area contributed by atoms with Crippen molar-refractivity contribution in [1.29, 1.82) is 0 Å². The van der Waals surface area contributed by atoms with Gasteiger partial charge in [-0.2, -0.15) is 0 Å². The summed E-state index contributed by atoms with van der Waals surface area (Å²) in [5.41, 5.74) is 0. The normalized spacial score (nSPS) is 22.9. The van der Waals surface area contributed by atoms with E-state index in [0.717, 1.165) is 39.0 Å². The second-order valence-corrected chi connectivity index (χ2v) is 6.40. The number of aryl methyl sites for hydroxylation is 1. The Labute approximate surface area is 131 Å². The number of likely N-dealkylation sites (tertiary alicyclic amines) is 1. The zero-order chi connectivity index (χ0) is 15.4. The van der Waals surface area contributed by atoms with Gasteiger partial charge in [-0.05, 0) is 32.2 Å². The molecular weight excluding hydrogens is 280 g/mol. The lowest BCUT2D eigenvalue weighted by Crippen LogP contribution is -2.36. The quantitative estimate of drug-likeness (QED) is 0.793. The van der Waals surface area contributed by atoms with Gasteiger partial charge in [0.25, 0.3) is 0 Å². The summed E-state index contributed by atoms with van der Waals surface area (Å²) < 4.78 is 7.10. The Bertz CT molecular complexity index is 514. The van der Waals surface area contributed by atoms with E-state index in [1.807, 2.05) is 0 Å². The fourth-order valence-electron chi connectivity index (χ4n) is 3.63. The molecule has 2 aliphatic heterocycles. The van der Waals surface area contributed by atoms with Crippen LogP contribution in [0.1, 0.15) is 56.1 Å². The van der Waals surface area contributed by atoms with Gasteiger partial charge in [-0.15, -0.1) is 10.2 Å². The Morgan fingerprint density at radius 1 is 1.23 bits per heavy atom. The predicted octanol–water partition coefficient (Wildman–Crippen LogP) is 1.75. The number of esters is 1. The van der Waals surface area contributed by atoms with Crippen LogP contribution in [0.15, 0.2) is 0 Å². The molecule has 6 nitrogen and oxygen atoms in total. The van der Waals surface area contributed by atoms with E-state index in [1.54, 1.807) is 0 Å². The Morgan fingerprint density at radius 3 is 3.00 bits per heavy atom. The van der Waals surface area contributed by atoms with Crippen LogP contribution in [0.25, 0.3) is 0 Å². The van der Waals surface area contributed by atoms with Crippen molar-refractivity contribution >= 4 is 5.97 Å². The third kappa shape index (κ3) is 3.48. The minimum Gasteiger partial charge on any atom is -0.469 e. The van der Waals surface area contributed by atoms with Gasteiger partial charge in [0.05, 0.1) is 13.5 Å². The van der Waals surface area contributed by atoms with Gasteiger partial charge in [0, 0.05) is 32.0 Å². The molecule has 1 aromatic rings. The van der Waals surface area contributed by atoms with E-state index in [-0.39, 0.29) is 5.97 Å². The van der Waals surface area contributed by atoms with Crippen molar-refractivity contribution in [3.8, 4) is 0 Å². The number of rotatable bonds is 4. The van der Waals surface area contributed by atoms with E-state index >= 15 is 0 Å². The Morgan fingerprint density at radius 2 is 2.14 bits per heavy atom. The molecule has 0 N–H and O–H groups in total. The van der Waals surface area contributed by atoms with E-state index in [4.69, 9.17) is 4.74 Å². The maximum Gasteiger partial charge on any atom is 0.306 e. The zero-order valence-corrected chi connectivity index (χ0v) is 13.5. The number of methoxy groups -OCH3 is 1. The van der Waals surface area contributed by atoms with Crippen LogP contribution in [0, 0.1) is 0 Å². The Kier molecular flexibility index (Phi) is 5.08. The van der Waals surface area contributed by atoms with Crippen LogP contribution < -0.4 is 0 Å². The van der Waals surface area contributed by atoms with Gasteiger partial charge < -0.3 is 14.2 Å². The van der Waals surface area contributed by atoms with Gasteiger partial charge >= 0.3 is 5.97 Å². The van der Waals surface area contributed by atoms with E-state index in [9.17, 15) is 4.79 Å². The summed E-state index contributed by atoms with van der Waals surface area (Å²) in [4.78, 5) is 13.7. The molecule has 0 spiro atoms. The van der Waals surface area contributed by atoms with Crippen molar-refractivity contribution in [1.82, 2.24) is 19.7 Å². The minimum atomic E-state index is -0.126. The standard InChI is InChI=1S/C16H26N4O2/c1-22-15(21)8-11-19-9-5-6-13(12-19)16-18-17-14-7-3-2-4-10-20(14)16/h13H,2-12H2,1H3. The molecule has 1 unspecified atom stereocenters. The van der Waals surface area contributed by atoms with Crippen molar-refractivity contribution < 1.29 is 9.53 Å². The third-order valence-corrected chi connectivity index (χ3v) is 4.87. The number of carbonyl (C=O) groups is 1. The Balaban J connectivity index is 1.64. The maximum atomic E-state index is 11.3. The number of nitrogens with zero attached hydrogens (tertiary/aromatic N) is 4. The maximum absolute atomic E-state index is 11.3. The molecule has 0 bridgehead atoms. The number of carbonyl (C=O) groups excluding carboxylic acids is 1. The molecule has 2 aliphatic rings. The first-order chi connectivity index (χ1) is 10.8. The summed E-state index contributed by atoms with van der Waals surface area (Å²) in [6.07, 6.45) is 7.62. The molecule has 1 fully saturated rings. The van der Waals surface area contributed by atoms with Gasteiger partial charge in [-0.1, -0.05) is 6.42 Å². The third-order valence-electron chi connectivity index (χ3n) is 4.87. The van der Waals surface area contributed by atoms with Crippen LogP contribution >= 0.6 is 0 Å². The number of hydrogen-bond donors (Lipinski definition) is 0. The molecule has 122 valence electrons. The van der Waals surface area contributed by atoms with Crippen molar-refractivity contribution in [2.24, 2.45) is 0 Å². The molecule has 6 heteroatoms. The van der Waals surface area contributed by atoms with E-state index in [0.29, 0.717) is 12.3 Å². The number of fused-ring (bicyclic) bond motifs is 1. The highest BCUT2D eigenvalue weighted by atomic mass is 16.5. The fraction of sp³-hybridized carbons (Fsp3) is 0.812. The molecule has 0 saturated carbocycles. The molecule has 1 saturated heterocycles. The first-order valence-corrected chi connectivity index (χ1v) is 8.49. The SMILES string of the molecule is COC(=O)CCN1CCCC(c2nnc3n2CCCCC3)C1. The monoisotopic (exact) mass is 306 g/mol. The molecule has 0 aliphatic carbocycles. The zero-order valence-electron chi connectivity index (χ0n) is 13.5. The van der Waals surface area contributed by atoms with Crippen molar-refractivity contribution in [2.45, 2.75) is 57.4 Å². The molecular formula is C16H26N4O2. The predicted molar refractivity (Wildman–Crippen MR) is 82.6 cm³/mol. The highest BCUT2D eigenvalue weighted by Gasteiger charge is 2.27. The van der Waals surface area contributed by atoms with Crippen LogP contribution in [-0.2, 0) is 22.5 Å². The summed E-state index contributed by atoms with van der Waals surface area (Å²) in [6, 6.07) is 0. The summed E-state index contributed by atoms with van der Waals surface area (Å²) in [5.74, 6) is 2.66. The molecule has 1 aromatic heterocycles. The van der Waals surface area contributed by atoms with Gasteiger partial charge in [-0.3, -0.25) is 4.79 Å². The lowest BCUT2D eigenvalue weighted by atomic mass is 9.97. The van der Waals surface area contributed by atoms with Crippen LogP contribution in [0.3, 0.4) is 0 Å². The van der Waals surface area contributed by atoms with Crippen molar-refractivity contribution in [2.75, 3.05) is 26.7 Å². The van der Waals surface area contributed by atoms with Gasteiger partial charge in [0.15, 0.2) is 0 Å². The summed E-state index contributed by atoms with van der Waals surface area (Å²) >= 11 is 0. The summed E-state index contributed by atoms with van der Waals surface area (Å²) in [6.45, 7) is 3.89. The van der Waals surface area contributed by atoms with Crippen molar-refractivity contribution in [3.05, 3.63) is 11.6 Å². The average molecular weight is 306 g/mol. The van der Waals surface area contributed by atoms with Gasteiger partial charge in [0.2, 0.25) is 0 Å². The Hall–Kier alpha value is -1.43. The molecule has 22 heavy (non-hydrogen) atoms. The summed E-state index contributed by atoms with van der Waals surface area (Å²) in [7, 11) is 1.45. The smallest absolute Gasteiger partial charge is 0.306 e. The number of ether oxygens (including phenoxy) is 1. The second kappa shape index (κ2) is 7.22. The molecule has 0 radical (unpaired) electrons. The lowest BCUT2D eigenvalue weighted by Gasteiger charge is -2.32. The van der Waals surface area contributed by atoms with Crippen LogP contribution in [-0.4, -0.2) is 52.4 Å². The molecule has 1 atom stereocenters. The minimum absolute atomic E-state index is 0.126. The molecule has 0 amide bonds. The molecule has 3 heterocycles. The van der Waals surface area contributed by atoms with E-state index in [2.05, 4.69) is 19.7 Å². The first kappa shape index (κ1) is 15.5. The van der Waals surface area contributed by atoms with Crippen molar-refractivity contribution in [3.63, 3.8) is 0 Å². The number of hydrogen-bond acceptors (Lipinski definition) is 5. The van der Waals surface area contributed by atoms with Crippen LogP contribution in [0.4, 0.5) is 0 Å². The highest BCUT2D eigenvalue weighted by molar-refractivity contribution is 5.69. The topological polar surface area (TPSA) is 60.2 Å². The second-order valence-electron chi connectivity index (χ2n) is 6.40. The molecule has 0 aromatic carbocycles. The lowest BCUT2D eigenvalue weighted by molar-refractivity contribution is -0.141. The largest absolute Gasteiger partial charge is 0.469 e. The fourth-order valence-corrected chi connectivity index (χ4v) is 3.63. The molecule has 3 rings (SSSR count). The highest BCUT2D eigenvalue weighted by Crippen LogP contribution is 2.28. The van der Waals surface area contributed by atoms with Crippen LogP contribution in [0.2, 0.25) is 0 Å². The average Bonchev–Trinajstić information content (AvgIpc) is 2.81. The van der Waals surface area contributed by atoms with E-state index < -0.39 is 0 Å². The number of piperidine rings is 1. The van der Waals surface area contributed by atoms with Gasteiger partial charge in [-0.25, -0.2) is 0 Å².